The first-order valence-electron chi connectivity index (χ1n) is 8.29. The third kappa shape index (κ3) is 4.84. The minimum Gasteiger partial charge on any atom is -0.491 e. The number of benzene rings is 1. The predicted molar refractivity (Wildman–Crippen MR) is 86.9 cm³/mol. The highest BCUT2D eigenvalue weighted by atomic mass is 16.5. The molecule has 0 bridgehead atoms. The van der Waals surface area contributed by atoms with Gasteiger partial charge in [-0.25, -0.2) is 4.79 Å². The van der Waals surface area contributed by atoms with Gasteiger partial charge in [0.05, 0.1) is 19.3 Å². The number of rotatable bonds is 4. The number of nitrogens with one attached hydrogen (secondary N) is 1. The number of anilines is 1. The second-order valence-corrected chi connectivity index (χ2v) is 5.85. The van der Waals surface area contributed by atoms with Crippen LogP contribution in [-0.2, 0) is 9.47 Å². The molecule has 0 radical (unpaired) electrons. The highest BCUT2D eigenvalue weighted by Crippen LogP contribution is 2.19. The summed E-state index contributed by atoms with van der Waals surface area (Å²) in [6.45, 7) is 3.88. The third-order valence-corrected chi connectivity index (χ3v) is 4.11. The molecular weight excluding hydrogens is 296 g/mol. The minimum atomic E-state index is -0.0856. The monoisotopic (exact) mass is 320 g/mol. The SMILES string of the molecule is O=C(Nc1ccc(OC[C@@H]2CCCCO2)cc1)N1CCOCC1. The van der Waals surface area contributed by atoms with Gasteiger partial charge in [0.1, 0.15) is 12.4 Å². The Morgan fingerprint density at radius 1 is 1.17 bits per heavy atom. The molecule has 0 spiro atoms. The number of hydrogen-bond donors (Lipinski definition) is 1. The van der Waals surface area contributed by atoms with E-state index in [0.717, 1.165) is 30.9 Å². The lowest BCUT2D eigenvalue weighted by molar-refractivity contribution is -0.0110. The van der Waals surface area contributed by atoms with Crippen molar-refractivity contribution in [3.8, 4) is 5.75 Å². The first-order valence-corrected chi connectivity index (χ1v) is 8.29. The fourth-order valence-electron chi connectivity index (χ4n) is 2.73. The lowest BCUT2D eigenvalue weighted by Crippen LogP contribution is -2.43. The molecule has 2 aliphatic heterocycles. The largest absolute Gasteiger partial charge is 0.491 e. The standard InChI is InChI=1S/C17H24N2O4/c20-17(19-8-11-21-12-9-19)18-14-4-6-15(7-5-14)23-13-16-3-1-2-10-22-16/h4-7,16H,1-3,8-13H2,(H,18,20)/t16-/m0/s1. The van der Waals surface area contributed by atoms with Gasteiger partial charge >= 0.3 is 6.03 Å². The summed E-state index contributed by atoms with van der Waals surface area (Å²) in [6.07, 6.45) is 3.62. The zero-order valence-corrected chi connectivity index (χ0v) is 13.3. The molecule has 1 aromatic carbocycles. The van der Waals surface area contributed by atoms with E-state index >= 15 is 0 Å². The second-order valence-electron chi connectivity index (χ2n) is 5.85. The van der Waals surface area contributed by atoms with Crippen molar-refractivity contribution in [2.75, 3.05) is 44.8 Å². The first-order chi connectivity index (χ1) is 11.3. The maximum atomic E-state index is 12.1. The normalized spacial score (nSPS) is 21.7. The van der Waals surface area contributed by atoms with Crippen LogP contribution in [0.15, 0.2) is 24.3 Å². The number of morpholine rings is 1. The van der Waals surface area contributed by atoms with E-state index < -0.39 is 0 Å². The number of amides is 2. The van der Waals surface area contributed by atoms with Gasteiger partial charge in [-0.1, -0.05) is 0 Å². The van der Waals surface area contributed by atoms with Crippen LogP contribution in [0, 0.1) is 0 Å². The van der Waals surface area contributed by atoms with Gasteiger partial charge in [0.15, 0.2) is 0 Å². The van der Waals surface area contributed by atoms with Crippen molar-refractivity contribution in [3.05, 3.63) is 24.3 Å². The van der Waals surface area contributed by atoms with E-state index in [1.54, 1.807) is 4.90 Å². The van der Waals surface area contributed by atoms with E-state index in [4.69, 9.17) is 14.2 Å². The fourth-order valence-corrected chi connectivity index (χ4v) is 2.73. The van der Waals surface area contributed by atoms with E-state index in [0.29, 0.717) is 32.9 Å². The van der Waals surface area contributed by atoms with Crippen molar-refractivity contribution in [1.29, 1.82) is 0 Å². The summed E-state index contributed by atoms with van der Waals surface area (Å²) in [4.78, 5) is 13.9. The molecule has 6 heteroatoms. The predicted octanol–water partition coefficient (Wildman–Crippen LogP) is 2.50. The fraction of sp³-hybridized carbons (Fsp3) is 0.588. The van der Waals surface area contributed by atoms with E-state index in [-0.39, 0.29) is 12.1 Å². The van der Waals surface area contributed by atoms with Gasteiger partial charge in [0, 0.05) is 25.4 Å². The molecule has 0 saturated carbocycles. The van der Waals surface area contributed by atoms with Crippen LogP contribution in [0.25, 0.3) is 0 Å². The van der Waals surface area contributed by atoms with Crippen molar-refractivity contribution >= 4 is 11.7 Å². The molecule has 2 heterocycles. The third-order valence-electron chi connectivity index (χ3n) is 4.11. The molecule has 0 aromatic heterocycles. The molecule has 3 rings (SSSR count). The summed E-state index contributed by atoms with van der Waals surface area (Å²) in [5, 5.41) is 2.90. The Kier molecular flexibility index (Phi) is 5.71. The van der Waals surface area contributed by atoms with Crippen LogP contribution in [0.1, 0.15) is 19.3 Å². The Labute approximate surface area is 136 Å². The lowest BCUT2D eigenvalue weighted by Gasteiger charge is -2.27. The average Bonchev–Trinajstić information content (AvgIpc) is 2.63. The molecule has 1 atom stereocenters. The number of nitrogens with zero attached hydrogens (tertiary/aromatic N) is 1. The summed E-state index contributed by atoms with van der Waals surface area (Å²) in [5.41, 5.74) is 0.766. The van der Waals surface area contributed by atoms with Gasteiger partial charge in [-0.3, -0.25) is 0 Å². The van der Waals surface area contributed by atoms with Crippen molar-refractivity contribution in [3.63, 3.8) is 0 Å². The summed E-state index contributed by atoms with van der Waals surface area (Å²) in [7, 11) is 0. The molecule has 126 valence electrons. The number of urea groups is 1. The number of carbonyl (C=O) groups is 1. The Balaban J connectivity index is 1.45. The van der Waals surface area contributed by atoms with E-state index in [1.807, 2.05) is 24.3 Å². The molecule has 2 amide bonds. The highest BCUT2D eigenvalue weighted by Gasteiger charge is 2.17. The Hall–Kier alpha value is -1.79. The zero-order valence-electron chi connectivity index (χ0n) is 13.3. The summed E-state index contributed by atoms with van der Waals surface area (Å²) >= 11 is 0. The highest BCUT2D eigenvalue weighted by molar-refractivity contribution is 5.89. The van der Waals surface area contributed by atoms with E-state index in [2.05, 4.69) is 5.32 Å². The molecule has 1 aromatic rings. The molecular formula is C17H24N2O4. The van der Waals surface area contributed by atoms with Gasteiger partial charge in [0.2, 0.25) is 0 Å². The van der Waals surface area contributed by atoms with Crippen molar-refractivity contribution < 1.29 is 19.0 Å². The lowest BCUT2D eigenvalue weighted by atomic mass is 10.1. The summed E-state index contributed by atoms with van der Waals surface area (Å²) < 4.78 is 16.6. The van der Waals surface area contributed by atoms with Crippen LogP contribution < -0.4 is 10.1 Å². The van der Waals surface area contributed by atoms with Crippen LogP contribution >= 0.6 is 0 Å². The van der Waals surface area contributed by atoms with Crippen molar-refractivity contribution in [2.45, 2.75) is 25.4 Å². The number of ether oxygens (including phenoxy) is 3. The molecule has 23 heavy (non-hydrogen) atoms. The van der Waals surface area contributed by atoms with Crippen molar-refractivity contribution in [1.82, 2.24) is 4.90 Å². The van der Waals surface area contributed by atoms with Gasteiger partial charge in [-0.2, -0.15) is 0 Å². The van der Waals surface area contributed by atoms with Gasteiger partial charge < -0.3 is 24.4 Å². The van der Waals surface area contributed by atoms with Gasteiger partial charge in [0.25, 0.3) is 0 Å². The zero-order chi connectivity index (χ0) is 15.9. The Bertz CT molecular complexity index is 494. The Morgan fingerprint density at radius 3 is 2.65 bits per heavy atom. The first kappa shape index (κ1) is 16.1. The van der Waals surface area contributed by atoms with Crippen LogP contribution in [0.4, 0.5) is 10.5 Å². The molecule has 2 fully saturated rings. The quantitative estimate of drug-likeness (QED) is 0.926. The number of hydrogen-bond acceptors (Lipinski definition) is 4. The maximum absolute atomic E-state index is 12.1. The number of carbonyl (C=O) groups excluding carboxylic acids is 1. The molecule has 0 unspecified atom stereocenters. The molecule has 2 saturated heterocycles. The van der Waals surface area contributed by atoms with E-state index in [9.17, 15) is 4.79 Å². The minimum absolute atomic E-state index is 0.0856. The van der Waals surface area contributed by atoms with Crippen LogP contribution in [0.2, 0.25) is 0 Å². The van der Waals surface area contributed by atoms with Crippen LogP contribution in [0.5, 0.6) is 5.75 Å². The van der Waals surface area contributed by atoms with Crippen molar-refractivity contribution in [2.24, 2.45) is 0 Å². The maximum Gasteiger partial charge on any atom is 0.321 e. The average molecular weight is 320 g/mol. The smallest absolute Gasteiger partial charge is 0.321 e. The van der Waals surface area contributed by atoms with Crippen LogP contribution in [0.3, 0.4) is 0 Å². The summed E-state index contributed by atoms with van der Waals surface area (Å²) in [6, 6.07) is 7.37. The van der Waals surface area contributed by atoms with E-state index in [1.165, 1.54) is 6.42 Å². The molecule has 2 aliphatic rings. The van der Waals surface area contributed by atoms with Crippen LogP contribution in [-0.4, -0.2) is 56.6 Å². The molecule has 0 aliphatic carbocycles. The molecule has 1 N–H and O–H groups in total. The topological polar surface area (TPSA) is 60.0 Å². The second kappa shape index (κ2) is 8.17. The molecule has 6 nitrogen and oxygen atoms in total. The van der Waals surface area contributed by atoms with Gasteiger partial charge in [-0.15, -0.1) is 0 Å². The summed E-state index contributed by atoms with van der Waals surface area (Å²) in [5.74, 6) is 0.795. The van der Waals surface area contributed by atoms with Gasteiger partial charge in [-0.05, 0) is 43.5 Å². The Morgan fingerprint density at radius 2 is 1.96 bits per heavy atom.